The molecule has 28 heavy (non-hydrogen) atoms. The number of carbonyl (C=O) groups excluding carboxylic acids is 1. The smallest absolute Gasteiger partial charge is 0.411 e. The third kappa shape index (κ3) is 3.64. The van der Waals surface area contributed by atoms with Crippen LogP contribution in [0.5, 0.6) is 0 Å². The minimum atomic E-state index is -0.465. The van der Waals surface area contributed by atoms with E-state index in [1.54, 1.807) is 0 Å². The lowest BCUT2D eigenvalue weighted by Gasteiger charge is -2.13. The second-order valence-electron chi connectivity index (χ2n) is 7.00. The highest BCUT2D eigenvalue weighted by atomic mass is 16.5. The largest absolute Gasteiger partial charge is 0.444 e. The summed E-state index contributed by atoms with van der Waals surface area (Å²) in [5.41, 5.74) is 6.14. The molecule has 142 valence electrons. The van der Waals surface area contributed by atoms with E-state index < -0.39 is 6.09 Å². The molecule has 0 saturated carbocycles. The molecule has 1 amide bonds. The monoisotopic (exact) mass is 373 g/mol. The maximum atomic E-state index is 12.2. The minimum Gasteiger partial charge on any atom is -0.444 e. The normalized spacial score (nSPS) is 12.9. The number of rotatable bonds is 4. The lowest BCUT2D eigenvalue weighted by Crippen LogP contribution is -2.22. The lowest BCUT2D eigenvalue weighted by atomic mass is 10.1. The molecule has 2 aromatic carbocycles. The Bertz CT molecular complexity index is 1060. The van der Waals surface area contributed by atoms with Crippen LogP contribution in [0.4, 0.5) is 10.5 Å². The molecule has 0 unspecified atom stereocenters. The topological polar surface area (TPSA) is 57.4 Å². The van der Waals surface area contributed by atoms with Crippen LogP contribution in [0.25, 0.3) is 17.0 Å². The molecule has 1 aliphatic carbocycles. The molecule has 4 rings (SSSR count). The number of nitrogens with one attached hydrogen (secondary N) is 2. The summed E-state index contributed by atoms with van der Waals surface area (Å²) in [5, 5.41) is 4.04. The zero-order valence-electron chi connectivity index (χ0n) is 16.0. The number of aromatic amines is 1. The highest BCUT2D eigenvalue weighted by Gasteiger charge is 2.15. The van der Waals surface area contributed by atoms with Gasteiger partial charge in [-0.2, -0.15) is 0 Å². The minimum absolute atomic E-state index is 0.244. The van der Waals surface area contributed by atoms with Gasteiger partial charge in [0.15, 0.2) is 0 Å². The summed E-state index contributed by atoms with van der Waals surface area (Å²) in [6.07, 6.45) is 6.27. The molecule has 0 aliphatic heterocycles. The van der Waals surface area contributed by atoms with Crippen molar-refractivity contribution >= 4 is 28.8 Å². The number of hydrogen-bond donors (Lipinski definition) is 2. The van der Waals surface area contributed by atoms with Crippen LogP contribution < -0.4 is 10.2 Å². The van der Waals surface area contributed by atoms with E-state index in [4.69, 9.17) is 4.74 Å². The van der Waals surface area contributed by atoms with Gasteiger partial charge in [-0.15, -0.1) is 0 Å². The van der Waals surface area contributed by atoms with Gasteiger partial charge in [-0.3, -0.25) is 5.32 Å². The summed E-state index contributed by atoms with van der Waals surface area (Å²) in [6, 6.07) is 15.9. The van der Waals surface area contributed by atoms with Gasteiger partial charge in [-0.05, 0) is 35.8 Å². The van der Waals surface area contributed by atoms with E-state index in [-0.39, 0.29) is 6.61 Å². The summed E-state index contributed by atoms with van der Waals surface area (Å²) in [6.45, 7) is 0.244. The van der Waals surface area contributed by atoms with Crippen LogP contribution in [0, 0.1) is 0 Å². The Labute approximate surface area is 164 Å². The van der Waals surface area contributed by atoms with Crippen LogP contribution in [0.1, 0.15) is 16.8 Å². The molecule has 0 atom stereocenters. The molecule has 0 fully saturated rings. The fraction of sp³-hybridized carbons (Fsp3) is 0.174. The number of allylic oxidation sites excluding steroid dienone is 2. The van der Waals surface area contributed by atoms with E-state index >= 15 is 0 Å². The number of carbonyl (C=O) groups is 1. The van der Waals surface area contributed by atoms with E-state index in [0.717, 1.165) is 28.9 Å². The summed E-state index contributed by atoms with van der Waals surface area (Å²) in [4.78, 5) is 17.8. The number of hydrogen-bond acceptors (Lipinski definition) is 3. The van der Waals surface area contributed by atoms with Gasteiger partial charge in [0.25, 0.3) is 0 Å². The second kappa shape index (κ2) is 7.64. The summed E-state index contributed by atoms with van der Waals surface area (Å²) < 4.78 is 5.33. The first kappa shape index (κ1) is 17.9. The van der Waals surface area contributed by atoms with E-state index in [2.05, 4.69) is 39.5 Å². The summed E-state index contributed by atoms with van der Waals surface area (Å²) in [5.74, 6) is 0. The standard InChI is InChI=1S/C23H23N3O2/c1-26(2)21-13-7-12-19-18-11-6-10-17(14-20(18)25-22(19)21)24-23(27)28-15-16-8-4-3-5-9-16/h3-10,12-14,25H,11,15H2,1-2H3,(H,24,27). The van der Waals surface area contributed by atoms with Crippen LogP contribution in [-0.2, 0) is 17.8 Å². The number of H-pyrrole nitrogens is 1. The predicted molar refractivity (Wildman–Crippen MR) is 113 cm³/mol. The fourth-order valence-electron chi connectivity index (χ4n) is 3.46. The second-order valence-corrected chi connectivity index (χ2v) is 7.00. The van der Waals surface area contributed by atoms with E-state index in [0.29, 0.717) is 5.70 Å². The number of ether oxygens (including phenoxy) is 1. The SMILES string of the molecule is CN(C)c1cccc2c3c([nH]c12)C=C(NC(=O)OCc1ccccc1)C=CC3. The molecule has 1 aliphatic rings. The van der Waals surface area contributed by atoms with Crippen LogP contribution in [0.3, 0.4) is 0 Å². The predicted octanol–water partition coefficient (Wildman–Crippen LogP) is 4.61. The van der Waals surface area contributed by atoms with Gasteiger partial charge >= 0.3 is 6.09 Å². The average molecular weight is 373 g/mol. The first-order valence-corrected chi connectivity index (χ1v) is 9.28. The molecular formula is C23H23N3O2. The number of aromatic nitrogens is 1. The van der Waals surface area contributed by atoms with Crippen molar-refractivity contribution in [3.8, 4) is 0 Å². The van der Waals surface area contributed by atoms with Crippen molar-refractivity contribution in [2.45, 2.75) is 13.0 Å². The van der Waals surface area contributed by atoms with Gasteiger partial charge in [-0.25, -0.2) is 4.79 Å². The first-order chi connectivity index (χ1) is 13.6. The number of nitrogens with zero attached hydrogens (tertiary/aromatic N) is 1. The molecule has 0 bridgehead atoms. The molecule has 0 saturated heterocycles. The average Bonchev–Trinajstić information content (AvgIpc) is 2.92. The van der Waals surface area contributed by atoms with Gasteiger partial charge < -0.3 is 14.6 Å². The Hall–Kier alpha value is -3.47. The molecule has 2 N–H and O–H groups in total. The van der Waals surface area contributed by atoms with Gasteiger partial charge in [-0.1, -0.05) is 48.5 Å². The molecule has 1 heterocycles. The zero-order chi connectivity index (χ0) is 19.5. The van der Waals surface area contributed by atoms with Gasteiger partial charge in [0.2, 0.25) is 0 Å². The molecule has 3 aromatic rings. The maximum Gasteiger partial charge on any atom is 0.411 e. The number of anilines is 1. The van der Waals surface area contributed by atoms with E-state index in [1.165, 1.54) is 10.9 Å². The molecular weight excluding hydrogens is 350 g/mol. The van der Waals surface area contributed by atoms with E-state index in [1.807, 2.05) is 56.6 Å². The highest BCUT2D eigenvalue weighted by Crippen LogP contribution is 2.32. The Morgan fingerprint density at radius 2 is 1.96 bits per heavy atom. The molecule has 5 heteroatoms. The van der Waals surface area contributed by atoms with Crippen molar-refractivity contribution in [3.63, 3.8) is 0 Å². The van der Waals surface area contributed by atoms with Crippen molar-refractivity contribution in [1.82, 2.24) is 10.3 Å². The van der Waals surface area contributed by atoms with Crippen molar-refractivity contribution in [2.24, 2.45) is 0 Å². The van der Waals surface area contributed by atoms with Gasteiger partial charge in [0.05, 0.1) is 11.2 Å². The van der Waals surface area contributed by atoms with Crippen molar-refractivity contribution in [1.29, 1.82) is 0 Å². The summed E-state index contributed by atoms with van der Waals surface area (Å²) in [7, 11) is 4.07. The lowest BCUT2D eigenvalue weighted by molar-refractivity contribution is 0.143. The highest BCUT2D eigenvalue weighted by molar-refractivity contribution is 5.96. The molecule has 1 aromatic heterocycles. The Morgan fingerprint density at radius 3 is 2.75 bits per heavy atom. The Morgan fingerprint density at radius 1 is 1.14 bits per heavy atom. The van der Waals surface area contributed by atoms with Crippen LogP contribution >= 0.6 is 0 Å². The quantitative estimate of drug-likeness (QED) is 0.702. The van der Waals surface area contributed by atoms with E-state index in [9.17, 15) is 4.79 Å². The Balaban J connectivity index is 1.55. The van der Waals surface area contributed by atoms with Crippen molar-refractivity contribution in [3.05, 3.63) is 83.2 Å². The number of amides is 1. The maximum absolute atomic E-state index is 12.2. The van der Waals surface area contributed by atoms with Gasteiger partial charge in [0, 0.05) is 30.9 Å². The van der Waals surface area contributed by atoms with Crippen LogP contribution in [-0.4, -0.2) is 25.2 Å². The van der Waals surface area contributed by atoms with Crippen LogP contribution in [0.2, 0.25) is 0 Å². The summed E-state index contributed by atoms with van der Waals surface area (Å²) >= 11 is 0. The molecule has 0 radical (unpaired) electrons. The van der Waals surface area contributed by atoms with Crippen LogP contribution in [0.15, 0.2) is 66.4 Å². The molecule has 0 spiro atoms. The third-order valence-electron chi connectivity index (χ3n) is 4.81. The number of benzene rings is 2. The van der Waals surface area contributed by atoms with Gasteiger partial charge in [0.1, 0.15) is 6.61 Å². The number of fused-ring (bicyclic) bond motifs is 3. The first-order valence-electron chi connectivity index (χ1n) is 9.28. The van der Waals surface area contributed by atoms with Crippen molar-refractivity contribution in [2.75, 3.05) is 19.0 Å². The fourth-order valence-corrected chi connectivity index (χ4v) is 3.46. The number of alkyl carbamates (subject to hydrolysis) is 1. The number of para-hydroxylation sites is 1. The third-order valence-corrected chi connectivity index (χ3v) is 4.81. The zero-order valence-corrected chi connectivity index (χ0v) is 16.0. The van der Waals surface area contributed by atoms with Crippen molar-refractivity contribution < 1.29 is 9.53 Å². The Kier molecular flexibility index (Phi) is 4.89. The molecule has 5 nitrogen and oxygen atoms in total.